The van der Waals surface area contributed by atoms with E-state index in [1.807, 2.05) is 0 Å². The Kier molecular flexibility index (Phi) is 7.14. The summed E-state index contributed by atoms with van der Waals surface area (Å²) in [6.07, 6.45) is 8.24. The average Bonchev–Trinajstić information content (AvgIpc) is 2.30. The van der Waals surface area contributed by atoms with Crippen molar-refractivity contribution in [2.45, 2.75) is 71.4 Å². The zero-order valence-electron chi connectivity index (χ0n) is 12.3. The molecular weight excluding hydrogens is 208 g/mol. The van der Waals surface area contributed by atoms with Gasteiger partial charge in [-0.3, -0.25) is 0 Å². The van der Waals surface area contributed by atoms with Gasteiger partial charge in [-0.15, -0.1) is 0 Å². The molecule has 1 N–H and O–H groups in total. The molecule has 1 rings (SSSR count). The highest BCUT2D eigenvalue weighted by molar-refractivity contribution is 4.77. The summed E-state index contributed by atoms with van der Waals surface area (Å²) in [7, 11) is 2.30. The first kappa shape index (κ1) is 15.0. The standard InChI is InChI=1S/C15H32N2/c1-5-6-14(3)16-11-12-17(4)15-9-7-13(2)8-10-15/h13-16H,5-12H2,1-4H3. The molecule has 102 valence electrons. The molecule has 0 bridgehead atoms. The van der Waals surface area contributed by atoms with Gasteiger partial charge in [0.15, 0.2) is 0 Å². The van der Waals surface area contributed by atoms with Crippen LogP contribution in [0.5, 0.6) is 0 Å². The third-order valence-electron chi connectivity index (χ3n) is 4.29. The van der Waals surface area contributed by atoms with Gasteiger partial charge >= 0.3 is 0 Å². The third-order valence-corrected chi connectivity index (χ3v) is 4.29. The molecule has 0 amide bonds. The first-order chi connectivity index (χ1) is 8.13. The van der Waals surface area contributed by atoms with Crippen molar-refractivity contribution in [2.24, 2.45) is 5.92 Å². The first-order valence-corrected chi connectivity index (χ1v) is 7.57. The molecule has 2 nitrogen and oxygen atoms in total. The zero-order valence-corrected chi connectivity index (χ0v) is 12.3. The molecule has 0 radical (unpaired) electrons. The van der Waals surface area contributed by atoms with E-state index in [0.717, 1.165) is 18.5 Å². The Morgan fingerprint density at radius 1 is 1.24 bits per heavy atom. The molecule has 1 aliphatic carbocycles. The van der Waals surface area contributed by atoms with E-state index in [0.29, 0.717) is 6.04 Å². The maximum Gasteiger partial charge on any atom is 0.0107 e. The van der Waals surface area contributed by atoms with Crippen molar-refractivity contribution in [3.63, 3.8) is 0 Å². The highest BCUT2D eigenvalue weighted by Gasteiger charge is 2.21. The van der Waals surface area contributed by atoms with Crippen LogP contribution in [0.4, 0.5) is 0 Å². The van der Waals surface area contributed by atoms with E-state index in [4.69, 9.17) is 0 Å². The van der Waals surface area contributed by atoms with E-state index in [9.17, 15) is 0 Å². The summed E-state index contributed by atoms with van der Waals surface area (Å²) >= 11 is 0. The van der Waals surface area contributed by atoms with Crippen LogP contribution >= 0.6 is 0 Å². The summed E-state index contributed by atoms with van der Waals surface area (Å²) in [5.74, 6) is 0.961. The van der Waals surface area contributed by atoms with Gasteiger partial charge in [0.2, 0.25) is 0 Å². The Labute approximate surface area is 108 Å². The lowest BCUT2D eigenvalue weighted by Gasteiger charge is -2.33. The largest absolute Gasteiger partial charge is 0.313 e. The van der Waals surface area contributed by atoms with E-state index < -0.39 is 0 Å². The number of likely N-dealkylation sites (N-methyl/N-ethyl adjacent to an activating group) is 1. The highest BCUT2D eigenvalue weighted by atomic mass is 15.1. The molecule has 1 fully saturated rings. The van der Waals surface area contributed by atoms with Crippen molar-refractivity contribution in [1.29, 1.82) is 0 Å². The lowest BCUT2D eigenvalue weighted by atomic mass is 9.87. The second-order valence-electron chi connectivity index (χ2n) is 6.04. The van der Waals surface area contributed by atoms with Gasteiger partial charge < -0.3 is 10.2 Å². The summed E-state index contributed by atoms with van der Waals surface area (Å²) in [6, 6.07) is 1.52. The Balaban J connectivity index is 2.10. The van der Waals surface area contributed by atoms with Crippen LogP contribution in [0.25, 0.3) is 0 Å². The van der Waals surface area contributed by atoms with Crippen LogP contribution in [0, 0.1) is 5.92 Å². The lowest BCUT2D eigenvalue weighted by Crippen LogP contribution is -2.40. The number of nitrogens with one attached hydrogen (secondary N) is 1. The van der Waals surface area contributed by atoms with Gasteiger partial charge in [-0.05, 0) is 52.0 Å². The fourth-order valence-electron chi connectivity index (χ4n) is 2.89. The summed E-state index contributed by atoms with van der Waals surface area (Å²) < 4.78 is 0. The molecule has 0 spiro atoms. The Morgan fingerprint density at radius 3 is 2.47 bits per heavy atom. The molecule has 0 aromatic rings. The lowest BCUT2D eigenvalue weighted by molar-refractivity contribution is 0.169. The van der Waals surface area contributed by atoms with E-state index in [2.05, 4.69) is 38.0 Å². The van der Waals surface area contributed by atoms with Gasteiger partial charge in [0.05, 0.1) is 0 Å². The maximum absolute atomic E-state index is 3.62. The number of hydrogen-bond donors (Lipinski definition) is 1. The molecule has 17 heavy (non-hydrogen) atoms. The highest BCUT2D eigenvalue weighted by Crippen LogP contribution is 2.26. The minimum Gasteiger partial charge on any atom is -0.313 e. The van der Waals surface area contributed by atoms with Gasteiger partial charge in [0.25, 0.3) is 0 Å². The molecule has 1 unspecified atom stereocenters. The van der Waals surface area contributed by atoms with Crippen LogP contribution in [-0.4, -0.2) is 37.1 Å². The Hall–Kier alpha value is -0.0800. The van der Waals surface area contributed by atoms with Crippen molar-refractivity contribution < 1.29 is 0 Å². The van der Waals surface area contributed by atoms with Crippen molar-refractivity contribution in [3.8, 4) is 0 Å². The summed E-state index contributed by atoms with van der Waals surface area (Å²) in [6.45, 7) is 9.29. The Morgan fingerprint density at radius 2 is 1.88 bits per heavy atom. The van der Waals surface area contributed by atoms with Crippen molar-refractivity contribution in [3.05, 3.63) is 0 Å². The molecule has 2 heteroatoms. The van der Waals surface area contributed by atoms with Gasteiger partial charge in [-0.2, -0.15) is 0 Å². The minimum atomic E-state index is 0.680. The minimum absolute atomic E-state index is 0.680. The number of rotatable bonds is 7. The number of hydrogen-bond acceptors (Lipinski definition) is 2. The molecular formula is C15H32N2. The third kappa shape index (κ3) is 5.87. The van der Waals surface area contributed by atoms with E-state index in [1.54, 1.807) is 0 Å². The van der Waals surface area contributed by atoms with Crippen LogP contribution in [0.3, 0.4) is 0 Å². The van der Waals surface area contributed by atoms with Gasteiger partial charge in [-0.25, -0.2) is 0 Å². The van der Waals surface area contributed by atoms with Gasteiger partial charge in [0, 0.05) is 25.2 Å². The van der Waals surface area contributed by atoms with Crippen LogP contribution in [0.15, 0.2) is 0 Å². The SMILES string of the molecule is CCCC(C)NCCN(C)C1CCC(C)CC1. The molecule has 1 saturated carbocycles. The predicted molar refractivity (Wildman–Crippen MR) is 76.4 cm³/mol. The van der Waals surface area contributed by atoms with Gasteiger partial charge in [0.1, 0.15) is 0 Å². The topological polar surface area (TPSA) is 15.3 Å². The molecule has 0 aliphatic heterocycles. The normalized spacial score (nSPS) is 27.4. The molecule has 0 aromatic heterocycles. The van der Waals surface area contributed by atoms with Crippen LogP contribution in [-0.2, 0) is 0 Å². The van der Waals surface area contributed by atoms with Crippen LogP contribution in [0.2, 0.25) is 0 Å². The monoisotopic (exact) mass is 240 g/mol. The second-order valence-corrected chi connectivity index (χ2v) is 6.04. The average molecular weight is 240 g/mol. The van der Waals surface area contributed by atoms with Crippen molar-refractivity contribution in [2.75, 3.05) is 20.1 Å². The maximum atomic E-state index is 3.62. The molecule has 1 aliphatic rings. The van der Waals surface area contributed by atoms with E-state index in [1.165, 1.54) is 45.1 Å². The van der Waals surface area contributed by atoms with Crippen LogP contribution < -0.4 is 5.32 Å². The summed E-state index contributed by atoms with van der Waals surface area (Å²) in [5, 5.41) is 3.62. The van der Waals surface area contributed by atoms with Crippen molar-refractivity contribution in [1.82, 2.24) is 10.2 Å². The molecule has 0 heterocycles. The van der Waals surface area contributed by atoms with Gasteiger partial charge in [-0.1, -0.05) is 20.3 Å². The summed E-state index contributed by atoms with van der Waals surface area (Å²) in [4.78, 5) is 2.57. The fraction of sp³-hybridized carbons (Fsp3) is 1.00. The zero-order chi connectivity index (χ0) is 12.7. The van der Waals surface area contributed by atoms with E-state index in [-0.39, 0.29) is 0 Å². The molecule has 0 aromatic carbocycles. The Bertz CT molecular complexity index is 185. The first-order valence-electron chi connectivity index (χ1n) is 7.57. The smallest absolute Gasteiger partial charge is 0.0107 e. The summed E-state index contributed by atoms with van der Waals surface area (Å²) in [5.41, 5.74) is 0. The van der Waals surface area contributed by atoms with Crippen LogP contribution in [0.1, 0.15) is 59.3 Å². The van der Waals surface area contributed by atoms with Crippen molar-refractivity contribution >= 4 is 0 Å². The fourth-order valence-corrected chi connectivity index (χ4v) is 2.89. The molecule has 1 atom stereocenters. The van der Waals surface area contributed by atoms with E-state index >= 15 is 0 Å². The quantitative estimate of drug-likeness (QED) is 0.735. The molecule has 0 saturated heterocycles. The predicted octanol–water partition coefficient (Wildman–Crippen LogP) is 3.28. The second kappa shape index (κ2) is 8.10. The number of nitrogens with zero attached hydrogens (tertiary/aromatic N) is 1.